The van der Waals surface area contributed by atoms with Crippen molar-refractivity contribution in [2.75, 3.05) is 13.1 Å². The van der Waals surface area contributed by atoms with E-state index in [0.29, 0.717) is 25.2 Å². The number of aryl methyl sites for hydroxylation is 1. The second kappa shape index (κ2) is 6.44. The summed E-state index contributed by atoms with van der Waals surface area (Å²) in [7, 11) is 1.92. The standard InChI is InChI=1S/C23H23N3O3/c1-14-21(17-6-3-4-7-19(17)24(14)2)22(28)23(29)25-11-15-10-16(13-25)18-8-5-9-20(27)26(18)12-15/h3-9,15-16H,10-13H2,1-2H3/t15-,16+/m1/s1. The predicted octanol–water partition coefficient (Wildman–Crippen LogP) is 2.48. The van der Waals surface area contributed by atoms with E-state index in [1.165, 1.54) is 0 Å². The number of aromatic nitrogens is 2. The normalized spacial score (nSPS) is 20.6. The lowest BCUT2D eigenvalue weighted by molar-refractivity contribution is -0.129. The molecule has 0 radical (unpaired) electrons. The molecule has 0 saturated carbocycles. The van der Waals surface area contributed by atoms with Gasteiger partial charge in [0.1, 0.15) is 0 Å². The Kier molecular flexibility index (Phi) is 3.98. The maximum Gasteiger partial charge on any atom is 0.295 e. The second-order valence-electron chi connectivity index (χ2n) is 8.27. The van der Waals surface area contributed by atoms with Gasteiger partial charge < -0.3 is 14.0 Å². The van der Waals surface area contributed by atoms with Crippen molar-refractivity contribution in [1.29, 1.82) is 0 Å². The molecule has 4 heterocycles. The number of piperidine rings is 1. The van der Waals surface area contributed by atoms with E-state index in [0.717, 1.165) is 28.7 Å². The first-order valence-electron chi connectivity index (χ1n) is 10.0. The predicted molar refractivity (Wildman–Crippen MR) is 110 cm³/mol. The molecule has 0 N–H and O–H groups in total. The smallest absolute Gasteiger partial charge is 0.295 e. The third-order valence-corrected chi connectivity index (χ3v) is 6.59. The van der Waals surface area contributed by atoms with Crippen molar-refractivity contribution in [1.82, 2.24) is 14.0 Å². The largest absolute Gasteiger partial charge is 0.347 e. The summed E-state index contributed by atoms with van der Waals surface area (Å²) in [6.07, 6.45) is 0.953. The lowest BCUT2D eigenvalue weighted by Crippen LogP contribution is -2.50. The number of hydrogen-bond donors (Lipinski definition) is 0. The lowest BCUT2D eigenvalue weighted by Gasteiger charge is -2.42. The van der Waals surface area contributed by atoms with E-state index in [4.69, 9.17) is 0 Å². The maximum atomic E-state index is 13.3. The molecule has 2 aliphatic heterocycles. The van der Waals surface area contributed by atoms with Crippen molar-refractivity contribution in [3.05, 3.63) is 69.8 Å². The number of rotatable bonds is 2. The topological polar surface area (TPSA) is 64.3 Å². The molecule has 1 amide bonds. The highest BCUT2D eigenvalue weighted by atomic mass is 16.2. The first kappa shape index (κ1) is 17.9. The molecule has 0 aliphatic carbocycles. The molecule has 6 nitrogen and oxygen atoms in total. The van der Waals surface area contributed by atoms with Gasteiger partial charge in [0.15, 0.2) is 0 Å². The zero-order valence-corrected chi connectivity index (χ0v) is 16.6. The highest BCUT2D eigenvalue weighted by molar-refractivity contribution is 6.45. The van der Waals surface area contributed by atoms with Gasteiger partial charge in [0.05, 0.1) is 5.56 Å². The molecule has 6 heteroatoms. The van der Waals surface area contributed by atoms with Gasteiger partial charge in [-0.25, -0.2) is 0 Å². The maximum absolute atomic E-state index is 13.3. The minimum absolute atomic E-state index is 0.0134. The average Bonchev–Trinajstić information content (AvgIpc) is 2.98. The van der Waals surface area contributed by atoms with Gasteiger partial charge in [-0.2, -0.15) is 0 Å². The Balaban J connectivity index is 1.48. The van der Waals surface area contributed by atoms with E-state index in [1.54, 1.807) is 17.0 Å². The van der Waals surface area contributed by atoms with Crippen LogP contribution in [0.25, 0.3) is 10.9 Å². The summed E-state index contributed by atoms with van der Waals surface area (Å²) in [5.74, 6) is -0.580. The Morgan fingerprint density at radius 3 is 2.62 bits per heavy atom. The highest BCUT2D eigenvalue weighted by Gasteiger charge is 2.38. The van der Waals surface area contributed by atoms with Crippen molar-refractivity contribution in [3.8, 4) is 0 Å². The number of fused-ring (bicyclic) bond motifs is 5. The molecule has 1 fully saturated rings. The van der Waals surface area contributed by atoms with Crippen LogP contribution in [0.5, 0.6) is 0 Å². The molecular formula is C23H23N3O3. The van der Waals surface area contributed by atoms with Gasteiger partial charge in [-0.3, -0.25) is 14.4 Å². The minimum atomic E-state index is -0.440. The lowest BCUT2D eigenvalue weighted by atomic mass is 9.83. The molecule has 2 atom stereocenters. The van der Waals surface area contributed by atoms with E-state index in [1.807, 2.05) is 53.4 Å². The zero-order chi connectivity index (χ0) is 20.3. The number of pyridine rings is 1. The van der Waals surface area contributed by atoms with Crippen LogP contribution < -0.4 is 5.56 Å². The van der Waals surface area contributed by atoms with Crippen molar-refractivity contribution in [2.45, 2.75) is 25.8 Å². The minimum Gasteiger partial charge on any atom is -0.347 e. The molecule has 5 rings (SSSR count). The molecule has 29 heavy (non-hydrogen) atoms. The van der Waals surface area contributed by atoms with Gasteiger partial charge in [-0.1, -0.05) is 24.3 Å². The van der Waals surface area contributed by atoms with Crippen LogP contribution in [0.1, 0.15) is 34.1 Å². The van der Waals surface area contributed by atoms with Crippen LogP contribution in [0, 0.1) is 12.8 Å². The number of carbonyl (C=O) groups is 2. The SMILES string of the molecule is Cc1c(C(=O)C(=O)N2C[C@H]3C[C@@H](C2)c2cccc(=O)n2C3)c2ccccc2n1C. The fourth-order valence-corrected chi connectivity index (χ4v) is 5.12. The van der Waals surface area contributed by atoms with Gasteiger partial charge in [0.25, 0.3) is 17.2 Å². The van der Waals surface area contributed by atoms with Crippen LogP contribution in [0.3, 0.4) is 0 Å². The van der Waals surface area contributed by atoms with Crippen LogP contribution in [-0.4, -0.2) is 38.8 Å². The summed E-state index contributed by atoms with van der Waals surface area (Å²) in [6.45, 7) is 3.49. The number of carbonyl (C=O) groups excluding carboxylic acids is 2. The van der Waals surface area contributed by atoms with Gasteiger partial charge >= 0.3 is 0 Å². The average molecular weight is 389 g/mol. The molecule has 3 aromatic rings. The van der Waals surface area contributed by atoms with E-state index >= 15 is 0 Å². The molecule has 2 bridgehead atoms. The van der Waals surface area contributed by atoms with Crippen molar-refractivity contribution in [2.24, 2.45) is 13.0 Å². The summed E-state index contributed by atoms with van der Waals surface area (Å²) in [5, 5.41) is 0.819. The van der Waals surface area contributed by atoms with E-state index in [-0.39, 0.29) is 17.4 Å². The Hall–Kier alpha value is -3.15. The fourth-order valence-electron chi connectivity index (χ4n) is 5.12. The van der Waals surface area contributed by atoms with Gasteiger partial charge in [-0.05, 0) is 31.4 Å². The number of amides is 1. The zero-order valence-electron chi connectivity index (χ0n) is 16.6. The number of likely N-dealkylation sites (tertiary alicyclic amines) is 1. The highest BCUT2D eigenvalue weighted by Crippen LogP contribution is 2.35. The van der Waals surface area contributed by atoms with Crippen LogP contribution in [0.15, 0.2) is 47.3 Å². The number of Topliss-reactive ketones (excluding diaryl/α,β-unsaturated/α-hetero) is 1. The summed E-state index contributed by atoms with van der Waals surface area (Å²) >= 11 is 0. The summed E-state index contributed by atoms with van der Waals surface area (Å²) in [6, 6.07) is 13.0. The van der Waals surface area contributed by atoms with E-state index in [2.05, 4.69) is 0 Å². The Labute approximate surface area is 168 Å². The molecule has 1 saturated heterocycles. The fraction of sp³-hybridized carbons (Fsp3) is 0.348. The second-order valence-corrected chi connectivity index (χ2v) is 8.27. The molecule has 1 aromatic carbocycles. The van der Waals surface area contributed by atoms with Crippen LogP contribution >= 0.6 is 0 Å². The van der Waals surface area contributed by atoms with Crippen molar-refractivity contribution >= 4 is 22.6 Å². The molecule has 0 spiro atoms. The van der Waals surface area contributed by atoms with Crippen LogP contribution in [0.2, 0.25) is 0 Å². The first-order valence-corrected chi connectivity index (χ1v) is 10.0. The quantitative estimate of drug-likeness (QED) is 0.500. The molecule has 148 valence electrons. The Morgan fingerprint density at radius 1 is 1.00 bits per heavy atom. The van der Waals surface area contributed by atoms with Gasteiger partial charge in [0.2, 0.25) is 0 Å². The van der Waals surface area contributed by atoms with E-state index < -0.39 is 11.7 Å². The third kappa shape index (κ3) is 2.66. The molecule has 0 unspecified atom stereocenters. The Bertz CT molecular complexity index is 1220. The third-order valence-electron chi connectivity index (χ3n) is 6.59. The number of hydrogen-bond acceptors (Lipinski definition) is 3. The summed E-state index contributed by atoms with van der Waals surface area (Å²) in [5.41, 5.74) is 3.24. The van der Waals surface area contributed by atoms with E-state index in [9.17, 15) is 14.4 Å². The van der Waals surface area contributed by atoms with Gasteiger partial charge in [0, 0.05) is 61.0 Å². The van der Waals surface area contributed by atoms with Gasteiger partial charge in [-0.15, -0.1) is 0 Å². The first-order chi connectivity index (χ1) is 14.0. The van der Waals surface area contributed by atoms with Crippen LogP contribution in [-0.2, 0) is 18.4 Å². The molecule has 2 aromatic heterocycles. The Morgan fingerprint density at radius 2 is 1.79 bits per heavy atom. The summed E-state index contributed by atoms with van der Waals surface area (Å²) in [4.78, 5) is 40.4. The van der Waals surface area contributed by atoms with Crippen LogP contribution in [0.4, 0.5) is 0 Å². The number of ketones is 1. The number of para-hydroxylation sites is 1. The van der Waals surface area contributed by atoms with Crippen molar-refractivity contribution in [3.63, 3.8) is 0 Å². The number of benzene rings is 1. The van der Waals surface area contributed by atoms with Crippen molar-refractivity contribution < 1.29 is 9.59 Å². The number of nitrogens with zero attached hydrogens (tertiary/aromatic N) is 3. The molecule has 2 aliphatic rings. The summed E-state index contributed by atoms with van der Waals surface area (Å²) < 4.78 is 3.79. The monoisotopic (exact) mass is 389 g/mol. The molecular weight excluding hydrogens is 366 g/mol.